The number of amides is 2. The summed E-state index contributed by atoms with van der Waals surface area (Å²) in [6.07, 6.45) is 9.38. The predicted octanol–water partition coefficient (Wildman–Crippen LogP) is 4.28. The lowest BCUT2D eigenvalue weighted by Gasteiger charge is -2.17. The minimum Gasteiger partial charge on any atom is -0.354 e. The summed E-state index contributed by atoms with van der Waals surface area (Å²) >= 11 is 0. The van der Waals surface area contributed by atoms with Crippen molar-refractivity contribution < 1.29 is 9.59 Å². The highest BCUT2D eigenvalue weighted by Gasteiger charge is 2.26. The van der Waals surface area contributed by atoms with Crippen LogP contribution in [0.2, 0.25) is 0 Å². The first kappa shape index (κ1) is 23.6. The second-order valence-electron chi connectivity index (χ2n) is 9.62. The molecule has 1 saturated heterocycles. The van der Waals surface area contributed by atoms with Gasteiger partial charge in [0.15, 0.2) is 0 Å². The van der Waals surface area contributed by atoms with E-state index in [4.69, 9.17) is 0 Å². The molecule has 6 rings (SSSR count). The van der Waals surface area contributed by atoms with Crippen LogP contribution in [0.3, 0.4) is 0 Å². The molecular formula is C29H27N7O2. The Kier molecular flexibility index (Phi) is 5.95. The number of likely N-dealkylation sites (tertiary alicyclic amines) is 1. The molecule has 0 radical (unpaired) electrons. The molecule has 0 saturated carbocycles. The fraction of sp³-hybridized carbons (Fsp3) is 0.207. The summed E-state index contributed by atoms with van der Waals surface area (Å²) in [5.41, 5.74) is 6.45. The Morgan fingerprint density at radius 2 is 1.89 bits per heavy atom. The van der Waals surface area contributed by atoms with Crippen molar-refractivity contribution in [3.8, 4) is 11.1 Å². The normalized spacial score (nSPS) is 15.2. The molecule has 5 aromatic rings. The van der Waals surface area contributed by atoms with E-state index < -0.39 is 0 Å². The highest BCUT2D eigenvalue weighted by molar-refractivity contribution is 6.01. The molecule has 3 aromatic heterocycles. The van der Waals surface area contributed by atoms with Gasteiger partial charge in [0.05, 0.1) is 28.5 Å². The van der Waals surface area contributed by atoms with E-state index in [0.29, 0.717) is 24.3 Å². The van der Waals surface area contributed by atoms with Crippen LogP contribution in [0.4, 0.5) is 11.4 Å². The number of aromatic nitrogens is 4. The van der Waals surface area contributed by atoms with E-state index in [9.17, 15) is 9.59 Å². The highest BCUT2D eigenvalue weighted by Crippen LogP contribution is 2.33. The first-order valence-corrected chi connectivity index (χ1v) is 12.5. The zero-order valence-electron chi connectivity index (χ0n) is 21.2. The Balaban J connectivity index is 1.34. The molecule has 1 aliphatic rings. The third-order valence-corrected chi connectivity index (χ3v) is 7.09. The molecule has 2 N–H and O–H groups in total. The maximum absolute atomic E-state index is 13.2. The third kappa shape index (κ3) is 4.43. The summed E-state index contributed by atoms with van der Waals surface area (Å²) < 4.78 is 2.09. The second kappa shape index (κ2) is 9.59. The van der Waals surface area contributed by atoms with E-state index in [2.05, 4.69) is 54.4 Å². The van der Waals surface area contributed by atoms with Gasteiger partial charge in [-0.05, 0) is 47.7 Å². The van der Waals surface area contributed by atoms with Crippen LogP contribution in [-0.4, -0.2) is 55.4 Å². The van der Waals surface area contributed by atoms with Crippen LogP contribution in [0.1, 0.15) is 23.7 Å². The van der Waals surface area contributed by atoms with Crippen LogP contribution in [0.25, 0.3) is 33.1 Å². The summed E-state index contributed by atoms with van der Waals surface area (Å²) in [5.74, 6) is -0.185. The van der Waals surface area contributed by atoms with Gasteiger partial charge in [-0.2, -0.15) is 0 Å². The van der Waals surface area contributed by atoms with Crippen molar-refractivity contribution in [3.63, 3.8) is 0 Å². The number of hydrogen-bond donors (Lipinski definition) is 2. The van der Waals surface area contributed by atoms with Gasteiger partial charge < -0.3 is 20.1 Å². The minimum atomic E-state index is -0.208. The number of aryl methyl sites for hydroxylation is 1. The molecule has 9 heteroatoms. The summed E-state index contributed by atoms with van der Waals surface area (Å²) in [7, 11) is 2.03. The summed E-state index contributed by atoms with van der Waals surface area (Å²) in [4.78, 5) is 40.1. The lowest BCUT2D eigenvalue weighted by atomic mass is 10.0. The molecule has 190 valence electrons. The van der Waals surface area contributed by atoms with Gasteiger partial charge in [0, 0.05) is 74.7 Å². The predicted molar refractivity (Wildman–Crippen MR) is 147 cm³/mol. The number of anilines is 2. The van der Waals surface area contributed by atoms with Crippen molar-refractivity contribution in [2.45, 2.75) is 19.4 Å². The number of benzene rings is 2. The molecular weight excluding hydrogens is 478 g/mol. The van der Waals surface area contributed by atoms with E-state index in [1.807, 2.05) is 25.4 Å². The van der Waals surface area contributed by atoms with Crippen molar-refractivity contribution in [1.29, 1.82) is 0 Å². The quantitative estimate of drug-likeness (QED) is 0.370. The number of carbonyl (C=O) groups excluding carboxylic acids is 2. The smallest absolute Gasteiger partial charge is 0.253 e. The van der Waals surface area contributed by atoms with E-state index in [0.717, 1.165) is 39.8 Å². The first-order valence-electron chi connectivity index (χ1n) is 12.5. The fourth-order valence-corrected chi connectivity index (χ4v) is 5.07. The van der Waals surface area contributed by atoms with Crippen LogP contribution in [0.15, 0.2) is 73.4 Å². The average Bonchev–Trinajstić information content (AvgIpc) is 3.55. The fourth-order valence-electron chi connectivity index (χ4n) is 5.07. The lowest BCUT2D eigenvalue weighted by molar-refractivity contribution is -0.127. The van der Waals surface area contributed by atoms with Gasteiger partial charge in [0.1, 0.15) is 0 Å². The Morgan fingerprint density at radius 3 is 2.74 bits per heavy atom. The van der Waals surface area contributed by atoms with Gasteiger partial charge >= 0.3 is 0 Å². The molecule has 2 aromatic carbocycles. The van der Waals surface area contributed by atoms with Crippen LogP contribution < -0.4 is 10.6 Å². The summed E-state index contributed by atoms with van der Waals surface area (Å²) in [5, 5.41) is 7.63. The molecule has 1 aliphatic heterocycles. The van der Waals surface area contributed by atoms with Crippen LogP contribution >= 0.6 is 0 Å². The molecule has 1 atom stereocenters. The van der Waals surface area contributed by atoms with E-state index >= 15 is 0 Å². The van der Waals surface area contributed by atoms with Crippen LogP contribution in [-0.2, 0) is 11.8 Å². The van der Waals surface area contributed by atoms with Gasteiger partial charge in [0.25, 0.3) is 5.91 Å². The van der Waals surface area contributed by atoms with E-state index in [-0.39, 0.29) is 17.9 Å². The second-order valence-corrected chi connectivity index (χ2v) is 9.62. The Labute approximate surface area is 219 Å². The maximum Gasteiger partial charge on any atom is 0.253 e. The van der Waals surface area contributed by atoms with E-state index in [1.54, 1.807) is 42.7 Å². The number of nitrogens with one attached hydrogen (secondary N) is 2. The van der Waals surface area contributed by atoms with Gasteiger partial charge in [0.2, 0.25) is 5.91 Å². The Hall–Kier alpha value is -4.79. The number of nitrogens with zero attached hydrogens (tertiary/aromatic N) is 5. The molecule has 38 heavy (non-hydrogen) atoms. The molecule has 0 aliphatic carbocycles. The molecule has 4 heterocycles. The zero-order chi connectivity index (χ0) is 26.2. The average molecular weight is 506 g/mol. The standard InChI is InChI=1S/C29H27N7O2/c1-18(37)36-12-7-21(17-36)34-29(38)23-5-8-30-16-26(23)33-22-14-24(28-25(15-22)31-9-10-32-28)20-4-3-19-6-11-35(2)27(19)13-20/h3-6,8-11,13-16,21,33H,7,12,17H2,1-2H3,(H,34,38). The Morgan fingerprint density at radius 1 is 1.03 bits per heavy atom. The minimum absolute atomic E-state index is 0.0227. The lowest BCUT2D eigenvalue weighted by Crippen LogP contribution is -2.38. The van der Waals surface area contributed by atoms with E-state index in [1.165, 1.54) is 5.39 Å². The monoisotopic (exact) mass is 505 g/mol. The molecule has 2 amide bonds. The Bertz CT molecular complexity index is 1690. The highest BCUT2D eigenvalue weighted by atomic mass is 16.2. The van der Waals surface area contributed by atoms with Crippen LogP contribution in [0, 0.1) is 0 Å². The van der Waals surface area contributed by atoms with Crippen LogP contribution in [0.5, 0.6) is 0 Å². The van der Waals surface area contributed by atoms with Gasteiger partial charge in [-0.3, -0.25) is 24.5 Å². The molecule has 1 unspecified atom stereocenters. The number of carbonyl (C=O) groups is 2. The van der Waals surface area contributed by atoms with Gasteiger partial charge in [-0.1, -0.05) is 12.1 Å². The number of pyridine rings is 1. The SMILES string of the molecule is CC(=O)N1CCC(NC(=O)c2ccncc2Nc2cc(-c3ccc4ccn(C)c4c3)c3nccnc3c2)C1. The zero-order valence-corrected chi connectivity index (χ0v) is 21.2. The summed E-state index contributed by atoms with van der Waals surface area (Å²) in [6.45, 7) is 2.72. The molecule has 0 bridgehead atoms. The number of hydrogen-bond acceptors (Lipinski definition) is 6. The van der Waals surface area contributed by atoms with Gasteiger partial charge in [-0.25, -0.2) is 0 Å². The topological polar surface area (TPSA) is 105 Å². The third-order valence-electron chi connectivity index (χ3n) is 7.09. The first-order chi connectivity index (χ1) is 18.5. The van der Waals surface area contributed by atoms with Gasteiger partial charge in [-0.15, -0.1) is 0 Å². The van der Waals surface area contributed by atoms with Crippen molar-refractivity contribution in [2.24, 2.45) is 7.05 Å². The molecule has 9 nitrogen and oxygen atoms in total. The molecule has 0 spiro atoms. The number of rotatable bonds is 5. The maximum atomic E-state index is 13.2. The van der Waals surface area contributed by atoms with Crippen molar-refractivity contribution >= 4 is 45.1 Å². The largest absolute Gasteiger partial charge is 0.354 e. The van der Waals surface area contributed by atoms with Crippen molar-refractivity contribution in [3.05, 3.63) is 79.0 Å². The molecule has 1 fully saturated rings. The number of fused-ring (bicyclic) bond motifs is 2. The van der Waals surface area contributed by atoms with Crippen molar-refractivity contribution in [1.82, 2.24) is 29.7 Å². The summed E-state index contributed by atoms with van der Waals surface area (Å²) in [6, 6.07) is 14.0. The van der Waals surface area contributed by atoms with Crippen molar-refractivity contribution in [2.75, 3.05) is 18.4 Å².